The Bertz CT molecular complexity index is 836. The second-order valence-corrected chi connectivity index (χ2v) is 10.7. The molecule has 3 amide bonds. The maximum absolute atomic E-state index is 13.4. The number of ether oxygens (including phenoxy) is 2. The number of amides is 3. The summed E-state index contributed by atoms with van der Waals surface area (Å²) in [6, 6.07) is -1.66. The molecule has 2 fully saturated rings. The lowest BCUT2D eigenvalue weighted by Gasteiger charge is -2.28. The van der Waals surface area contributed by atoms with Crippen molar-refractivity contribution in [1.82, 2.24) is 20.9 Å². The van der Waals surface area contributed by atoms with E-state index in [9.17, 15) is 24.0 Å². The first kappa shape index (κ1) is 32.6. The molecule has 5 N–H and O–H groups in total. The molecule has 12 nitrogen and oxygen atoms in total. The average Bonchev–Trinajstić information content (AvgIpc) is 3.71. The molecule has 0 spiro atoms. The van der Waals surface area contributed by atoms with Crippen LogP contribution in [0.3, 0.4) is 0 Å². The van der Waals surface area contributed by atoms with Gasteiger partial charge in [-0.1, -0.05) is 46.0 Å². The fourth-order valence-electron chi connectivity index (χ4n) is 4.97. The quantitative estimate of drug-likeness (QED) is 0.135. The van der Waals surface area contributed by atoms with Crippen LogP contribution in [0.25, 0.3) is 0 Å². The summed E-state index contributed by atoms with van der Waals surface area (Å²) in [5.41, 5.74) is 4.01. The Labute approximate surface area is 231 Å². The molecule has 3 atom stereocenters. The van der Waals surface area contributed by atoms with E-state index in [4.69, 9.17) is 15.2 Å². The molecule has 0 aromatic heterocycles. The number of hydrogen-bond acceptors (Lipinski definition) is 9. The first-order valence-corrected chi connectivity index (χ1v) is 14.3. The van der Waals surface area contributed by atoms with Gasteiger partial charge in [0.1, 0.15) is 12.6 Å². The van der Waals surface area contributed by atoms with Gasteiger partial charge in [-0.25, -0.2) is 0 Å². The lowest BCUT2D eigenvalue weighted by molar-refractivity contribution is -0.146. The third-order valence-corrected chi connectivity index (χ3v) is 7.16. The number of esters is 1. The summed E-state index contributed by atoms with van der Waals surface area (Å²) in [6.07, 6.45) is 7.54. The molecular weight excluding hydrogens is 506 g/mol. The fraction of sp³-hybridized carbons (Fsp3) is 0.815. The zero-order valence-electron chi connectivity index (χ0n) is 23.7. The van der Waals surface area contributed by atoms with E-state index in [1.807, 2.05) is 18.7 Å². The van der Waals surface area contributed by atoms with Crippen LogP contribution in [-0.4, -0.2) is 98.0 Å². The summed E-state index contributed by atoms with van der Waals surface area (Å²) in [6.45, 7) is 6.64. The molecule has 0 unspecified atom stereocenters. The molecule has 0 aromatic carbocycles. The Morgan fingerprint density at radius 2 is 1.67 bits per heavy atom. The van der Waals surface area contributed by atoms with Crippen molar-refractivity contribution in [2.24, 2.45) is 11.7 Å². The molecule has 2 rings (SSSR count). The molecule has 222 valence electrons. The fourth-order valence-corrected chi connectivity index (χ4v) is 4.97. The van der Waals surface area contributed by atoms with Gasteiger partial charge in [-0.3, -0.25) is 28.9 Å². The van der Waals surface area contributed by atoms with Crippen LogP contribution in [0.1, 0.15) is 72.1 Å². The average molecular weight is 554 g/mol. The molecule has 0 bridgehead atoms. The van der Waals surface area contributed by atoms with E-state index in [-0.39, 0.29) is 50.5 Å². The van der Waals surface area contributed by atoms with Gasteiger partial charge < -0.3 is 31.2 Å². The SMILES string of the molecule is CCCN(CCC)CC(=O)N[C@@H](C)C(=O)NCC(=O)N[C@@H](CC1CCCCC1)C(=O)[C@@]1(COC(=O)CN)CO1. The number of hydrogen-bond donors (Lipinski definition) is 4. The number of carbonyl (C=O) groups excluding carboxylic acids is 5. The van der Waals surface area contributed by atoms with Gasteiger partial charge in [-0.15, -0.1) is 0 Å². The summed E-state index contributed by atoms with van der Waals surface area (Å²) >= 11 is 0. The standard InChI is InChI=1S/C27H47N5O7/c1-4-11-32(12-5-2)16-23(34)30-19(3)26(37)29-15-22(33)31-21(13-20-9-7-6-8-10-20)25(36)27(18-39-27)17-38-24(35)14-28/h19-21H,4-18,28H2,1-3H3,(H,29,37)(H,30,34)(H,31,33)/t19-,21-,27+/m0/s1. The van der Waals surface area contributed by atoms with E-state index >= 15 is 0 Å². The van der Waals surface area contributed by atoms with Gasteiger partial charge in [-0.05, 0) is 45.2 Å². The van der Waals surface area contributed by atoms with E-state index < -0.39 is 35.5 Å². The van der Waals surface area contributed by atoms with Crippen molar-refractivity contribution in [3.63, 3.8) is 0 Å². The molecule has 39 heavy (non-hydrogen) atoms. The van der Waals surface area contributed by atoms with Crippen LogP contribution < -0.4 is 21.7 Å². The smallest absolute Gasteiger partial charge is 0.319 e. The molecule has 1 heterocycles. The third kappa shape index (κ3) is 11.2. The highest BCUT2D eigenvalue weighted by Gasteiger charge is 2.55. The highest BCUT2D eigenvalue weighted by molar-refractivity contribution is 5.98. The summed E-state index contributed by atoms with van der Waals surface area (Å²) in [4.78, 5) is 64.6. The second-order valence-electron chi connectivity index (χ2n) is 10.7. The molecule has 1 aliphatic heterocycles. The predicted molar refractivity (Wildman–Crippen MR) is 144 cm³/mol. The Morgan fingerprint density at radius 1 is 1.03 bits per heavy atom. The summed E-state index contributed by atoms with van der Waals surface area (Å²) in [5.74, 6) is -1.99. The van der Waals surface area contributed by atoms with Crippen molar-refractivity contribution in [2.75, 3.05) is 45.9 Å². The van der Waals surface area contributed by atoms with Gasteiger partial charge in [0.2, 0.25) is 17.7 Å². The third-order valence-electron chi connectivity index (χ3n) is 7.16. The minimum Gasteiger partial charge on any atom is -0.461 e. The highest BCUT2D eigenvalue weighted by Crippen LogP contribution is 2.33. The van der Waals surface area contributed by atoms with Crippen LogP contribution in [0, 0.1) is 5.92 Å². The van der Waals surface area contributed by atoms with E-state index in [2.05, 4.69) is 16.0 Å². The van der Waals surface area contributed by atoms with Crippen LogP contribution >= 0.6 is 0 Å². The van der Waals surface area contributed by atoms with Gasteiger partial charge in [0, 0.05) is 0 Å². The maximum Gasteiger partial charge on any atom is 0.319 e. The Hall–Kier alpha value is -2.57. The Kier molecular flexibility index (Phi) is 13.8. The zero-order chi connectivity index (χ0) is 28.8. The van der Waals surface area contributed by atoms with Gasteiger partial charge in [0.25, 0.3) is 0 Å². The highest BCUT2D eigenvalue weighted by atomic mass is 16.6. The molecule has 1 aliphatic carbocycles. The normalized spacial score (nSPS) is 20.5. The van der Waals surface area contributed by atoms with Crippen LogP contribution in [-0.2, 0) is 33.4 Å². The molecular formula is C27H47N5O7. The minimum atomic E-state index is -1.27. The number of rotatable bonds is 18. The summed E-state index contributed by atoms with van der Waals surface area (Å²) in [7, 11) is 0. The molecule has 2 aliphatic rings. The lowest BCUT2D eigenvalue weighted by Crippen LogP contribution is -2.53. The largest absolute Gasteiger partial charge is 0.461 e. The maximum atomic E-state index is 13.4. The zero-order valence-corrected chi connectivity index (χ0v) is 23.7. The first-order chi connectivity index (χ1) is 18.6. The molecule has 12 heteroatoms. The van der Waals surface area contributed by atoms with Gasteiger partial charge >= 0.3 is 5.97 Å². The molecule has 0 radical (unpaired) electrons. The minimum absolute atomic E-state index is 0.0998. The molecule has 1 saturated carbocycles. The Balaban J connectivity index is 1.90. The monoisotopic (exact) mass is 553 g/mol. The Morgan fingerprint density at radius 3 is 2.23 bits per heavy atom. The van der Waals surface area contributed by atoms with Crippen molar-refractivity contribution in [3.8, 4) is 0 Å². The van der Waals surface area contributed by atoms with Crippen molar-refractivity contribution in [1.29, 1.82) is 0 Å². The number of Topliss-reactive ketones (excluding diaryl/α,β-unsaturated/α-hetero) is 1. The van der Waals surface area contributed by atoms with E-state index in [1.54, 1.807) is 6.92 Å². The summed E-state index contributed by atoms with van der Waals surface area (Å²) in [5, 5.41) is 7.97. The van der Waals surface area contributed by atoms with E-state index in [0.29, 0.717) is 6.42 Å². The molecule has 0 aromatic rings. The van der Waals surface area contributed by atoms with Crippen LogP contribution in [0.4, 0.5) is 0 Å². The number of nitrogens with two attached hydrogens (primary N) is 1. The van der Waals surface area contributed by atoms with Gasteiger partial charge in [-0.2, -0.15) is 0 Å². The van der Waals surface area contributed by atoms with Crippen LogP contribution in [0.5, 0.6) is 0 Å². The van der Waals surface area contributed by atoms with Gasteiger partial charge in [0.15, 0.2) is 11.4 Å². The van der Waals surface area contributed by atoms with Crippen molar-refractivity contribution in [2.45, 2.75) is 89.8 Å². The van der Waals surface area contributed by atoms with Crippen LogP contribution in [0.2, 0.25) is 0 Å². The predicted octanol–water partition coefficient (Wildman–Crippen LogP) is 0.0245. The van der Waals surface area contributed by atoms with Crippen molar-refractivity contribution >= 4 is 29.5 Å². The number of nitrogens with one attached hydrogen (secondary N) is 3. The van der Waals surface area contributed by atoms with Crippen LogP contribution in [0.15, 0.2) is 0 Å². The number of epoxide rings is 1. The van der Waals surface area contributed by atoms with Crippen molar-refractivity contribution < 1.29 is 33.4 Å². The van der Waals surface area contributed by atoms with Gasteiger partial charge in [0.05, 0.1) is 32.3 Å². The van der Waals surface area contributed by atoms with E-state index in [1.165, 1.54) is 0 Å². The molecule has 1 saturated heterocycles. The van der Waals surface area contributed by atoms with E-state index in [0.717, 1.165) is 58.0 Å². The van der Waals surface area contributed by atoms with Crippen molar-refractivity contribution in [3.05, 3.63) is 0 Å². The number of carbonyl (C=O) groups is 5. The summed E-state index contributed by atoms with van der Waals surface area (Å²) < 4.78 is 10.5. The lowest BCUT2D eigenvalue weighted by atomic mass is 9.82. The second kappa shape index (κ2) is 16.5. The first-order valence-electron chi connectivity index (χ1n) is 14.3. The topological polar surface area (TPSA) is 172 Å². The number of nitrogens with zero attached hydrogens (tertiary/aromatic N) is 1. The number of ketones is 1.